The molecule has 0 spiro atoms. The molecule has 0 amide bonds. The van der Waals surface area contributed by atoms with E-state index in [0.717, 1.165) is 11.2 Å². The van der Waals surface area contributed by atoms with Crippen LogP contribution in [0.1, 0.15) is 6.92 Å². The molecule has 0 aliphatic heterocycles. The van der Waals surface area contributed by atoms with E-state index >= 15 is 0 Å². The molecular weight excluding hydrogens is 122 g/mol. The largest absolute Gasteiger partial charge is 0.373 e. The van der Waals surface area contributed by atoms with Crippen molar-refractivity contribution in [2.24, 2.45) is 0 Å². The molecule has 0 heterocycles. The summed E-state index contributed by atoms with van der Waals surface area (Å²) in [6.07, 6.45) is 1.15. The summed E-state index contributed by atoms with van der Waals surface area (Å²) in [6, 6.07) is 0. The van der Waals surface area contributed by atoms with Crippen LogP contribution in [-0.4, -0.2) is 33.3 Å². The molecule has 0 aromatic heterocycles. The van der Waals surface area contributed by atoms with Crippen LogP contribution in [-0.2, 0) is 0 Å². The lowest BCUT2D eigenvalue weighted by Crippen LogP contribution is -2.23. The third-order valence-electron chi connectivity index (χ3n) is 1.01. The van der Waals surface area contributed by atoms with Gasteiger partial charge >= 0.3 is 0 Å². The lowest BCUT2D eigenvalue weighted by Gasteiger charge is -2.12. The van der Waals surface area contributed by atoms with Crippen molar-refractivity contribution >= 4 is 27.4 Å². The number of rotatable bonds is 1. The Balaban J connectivity index is 3.34. The van der Waals surface area contributed by atoms with Crippen molar-refractivity contribution < 1.29 is 0 Å². The molecule has 0 N–H and O–H groups in total. The van der Waals surface area contributed by atoms with Gasteiger partial charge in [0.15, 0.2) is 0 Å². The molecule has 3 heteroatoms. The highest BCUT2D eigenvalue weighted by Crippen LogP contribution is 1.80. The molecule has 0 atom stereocenters. The maximum Gasteiger partial charge on any atom is 0.0742 e. The molecular formula is C4H11NSSi. The Hall–Kier alpha value is 0.107. The predicted octanol–water partition coefficient (Wildman–Crippen LogP) is -0.412. The minimum absolute atomic E-state index is 0.995. The monoisotopic (exact) mass is 133 g/mol. The summed E-state index contributed by atoms with van der Waals surface area (Å²) in [4.78, 5) is 3.08. The van der Waals surface area contributed by atoms with E-state index in [2.05, 4.69) is 4.90 Å². The Kier molecular flexibility index (Phi) is 3.20. The van der Waals surface area contributed by atoms with Gasteiger partial charge in [0.05, 0.1) is 4.99 Å². The summed E-state index contributed by atoms with van der Waals surface area (Å²) in [7, 11) is 3.23. The number of hydrogen-bond acceptors (Lipinski definition) is 1. The minimum atomic E-state index is 0.995. The lowest BCUT2D eigenvalue weighted by atomic mass is 10.7. The Morgan fingerprint density at radius 1 is 1.86 bits per heavy atom. The van der Waals surface area contributed by atoms with Gasteiger partial charge in [-0.3, -0.25) is 0 Å². The van der Waals surface area contributed by atoms with Crippen LogP contribution in [0.2, 0.25) is 0 Å². The third kappa shape index (κ3) is 2.76. The summed E-state index contributed by atoms with van der Waals surface area (Å²) in [6.45, 7) is 1.95. The van der Waals surface area contributed by atoms with E-state index in [1.165, 1.54) is 10.2 Å². The molecule has 0 unspecified atom stereocenters. The quantitative estimate of drug-likeness (QED) is 0.353. The fourth-order valence-electron chi connectivity index (χ4n) is 0.223. The third-order valence-corrected chi connectivity index (χ3v) is 2.27. The summed E-state index contributed by atoms with van der Waals surface area (Å²) < 4.78 is 0. The van der Waals surface area contributed by atoms with Crippen molar-refractivity contribution in [2.45, 2.75) is 6.92 Å². The smallest absolute Gasteiger partial charge is 0.0742 e. The van der Waals surface area contributed by atoms with Crippen LogP contribution in [0.3, 0.4) is 0 Å². The molecule has 1 nitrogen and oxygen atoms in total. The van der Waals surface area contributed by atoms with E-state index in [9.17, 15) is 0 Å². The fourth-order valence-corrected chi connectivity index (χ4v) is 1.06. The van der Waals surface area contributed by atoms with Gasteiger partial charge in [0.1, 0.15) is 0 Å². The first-order valence-corrected chi connectivity index (χ1v) is 4.22. The van der Waals surface area contributed by atoms with Gasteiger partial charge in [-0.15, -0.1) is 0 Å². The van der Waals surface area contributed by atoms with Gasteiger partial charge in [0, 0.05) is 23.5 Å². The van der Waals surface area contributed by atoms with Crippen LogP contribution < -0.4 is 0 Å². The normalized spacial score (nSPS) is 8.86. The molecule has 0 aliphatic carbocycles. The molecule has 0 aliphatic rings. The van der Waals surface area contributed by atoms with Crippen molar-refractivity contribution in [3.8, 4) is 0 Å². The summed E-state index contributed by atoms with van der Waals surface area (Å²) in [5.74, 6) is 0. The van der Waals surface area contributed by atoms with Crippen molar-refractivity contribution in [1.82, 2.24) is 4.90 Å². The first-order chi connectivity index (χ1) is 3.18. The number of nitrogens with zero attached hydrogens (tertiary/aromatic N) is 1. The maximum absolute atomic E-state index is 4.87. The molecule has 0 fully saturated rings. The highest BCUT2D eigenvalue weighted by molar-refractivity contribution is 7.80. The highest BCUT2D eigenvalue weighted by Gasteiger charge is 1.89. The number of hydrogen-bond donors (Lipinski definition) is 0. The molecule has 0 radical (unpaired) electrons. The van der Waals surface area contributed by atoms with E-state index in [-0.39, 0.29) is 0 Å². The average Bonchev–Trinajstić information content (AvgIpc) is 1.65. The van der Waals surface area contributed by atoms with Crippen molar-refractivity contribution in [3.05, 3.63) is 0 Å². The fraction of sp³-hybridized carbons (Fsp3) is 0.750. The van der Waals surface area contributed by atoms with E-state index in [1.807, 2.05) is 14.0 Å². The van der Waals surface area contributed by atoms with Gasteiger partial charge in [-0.05, 0) is 6.92 Å². The number of thiocarbonyl (C=S) groups is 1. The van der Waals surface area contributed by atoms with Gasteiger partial charge in [0.25, 0.3) is 0 Å². The summed E-state index contributed by atoms with van der Waals surface area (Å²) in [5.41, 5.74) is 0. The lowest BCUT2D eigenvalue weighted by molar-refractivity contribution is 0.602. The molecule has 0 saturated carbocycles. The zero-order valence-corrected chi connectivity index (χ0v) is 7.88. The van der Waals surface area contributed by atoms with Crippen LogP contribution in [0.25, 0.3) is 0 Å². The predicted molar refractivity (Wildman–Crippen MR) is 40.8 cm³/mol. The molecule has 7 heavy (non-hydrogen) atoms. The van der Waals surface area contributed by atoms with Crippen LogP contribution in [0, 0.1) is 0 Å². The van der Waals surface area contributed by atoms with Gasteiger partial charge in [0.2, 0.25) is 0 Å². The molecule has 42 valence electrons. The van der Waals surface area contributed by atoms with Crippen LogP contribution in [0.5, 0.6) is 0 Å². The van der Waals surface area contributed by atoms with Crippen molar-refractivity contribution in [1.29, 1.82) is 0 Å². The molecule has 0 bridgehead atoms. The van der Waals surface area contributed by atoms with Crippen molar-refractivity contribution in [2.75, 3.05) is 13.2 Å². The first kappa shape index (κ1) is 7.11. The second kappa shape index (κ2) is 3.15. The molecule has 0 aromatic rings. The van der Waals surface area contributed by atoms with Crippen LogP contribution >= 0.6 is 12.2 Å². The van der Waals surface area contributed by atoms with Gasteiger partial charge in [-0.1, -0.05) is 12.2 Å². The van der Waals surface area contributed by atoms with Gasteiger partial charge < -0.3 is 4.90 Å². The zero-order chi connectivity index (χ0) is 5.86. The molecule has 0 rings (SSSR count). The zero-order valence-electron chi connectivity index (χ0n) is 5.06. The summed E-state index contributed by atoms with van der Waals surface area (Å²) in [5, 5.41) is 0. The first-order valence-electron chi connectivity index (χ1n) is 2.40. The minimum Gasteiger partial charge on any atom is -0.373 e. The van der Waals surface area contributed by atoms with E-state index in [4.69, 9.17) is 12.2 Å². The average molecular weight is 133 g/mol. The second-order valence-corrected chi connectivity index (χ2v) is 2.76. The Morgan fingerprint density at radius 3 is 2.29 bits per heavy atom. The summed E-state index contributed by atoms with van der Waals surface area (Å²) >= 11 is 4.87. The van der Waals surface area contributed by atoms with Crippen molar-refractivity contribution in [3.63, 3.8) is 0 Å². The standard InChI is InChI=1S/C4H11NSSi/c1-4(6)5(2)3-7/h3H2,1-2,7H3. The van der Waals surface area contributed by atoms with Gasteiger partial charge in [-0.2, -0.15) is 0 Å². The molecule has 0 aromatic carbocycles. The Morgan fingerprint density at radius 2 is 2.29 bits per heavy atom. The Bertz CT molecular complexity index is 74.1. The van der Waals surface area contributed by atoms with Crippen LogP contribution in [0.4, 0.5) is 0 Å². The highest BCUT2D eigenvalue weighted by atomic mass is 32.1. The van der Waals surface area contributed by atoms with E-state index in [1.54, 1.807) is 0 Å². The van der Waals surface area contributed by atoms with E-state index in [0.29, 0.717) is 0 Å². The molecule has 0 saturated heterocycles. The van der Waals surface area contributed by atoms with Gasteiger partial charge in [-0.25, -0.2) is 0 Å². The topological polar surface area (TPSA) is 3.24 Å². The van der Waals surface area contributed by atoms with E-state index < -0.39 is 0 Å². The SMILES string of the molecule is CC(=S)N(C)C[SiH3]. The maximum atomic E-state index is 4.87. The van der Waals surface area contributed by atoms with Crippen LogP contribution in [0.15, 0.2) is 0 Å². The Labute approximate surface area is 53.1 Å². The second-order valence-electron chi connectivity index (χ2n) is 1.53.